The Bertz CT molecular complexity index is 638. The minimum Gasteiger partial charge on any atom is -0.506 e. The van der Waals surface area contributed by atoms with Crippen molar-refractivity contribution in [1.82, 2.24) is 0 Å². The number of amides is 1. The number of aromatic hydroxyl groups is 1. The molecule has 1 aliphatic carbocycles. The van der Waals surface area contributed by atoms with Crippen molar-refractivity contribution >= 4 is 23.9 Å². The van der Waals surface area contributed by atoms with Crippen LogP contribution in [0.5, 0.6) is 5.75 Å². The Morgan fingerprint density at radius 2 is 2.20 bits per heavy atom. The molecule has 1 fully saturated rings. The van der Waals surface area contributed by atoms with Gasteiger partial charge in [0.25, 0.3) is 0 Å². The number of anilines is 1. The van der Waals surface area contributed by atoms with Gasteiger partial charge in [0, 0.05) is 10.1 Å². The fraction of sp³-hybridized carbons (Fsp3) is 0.188. The number of nitrogens with one attached hydrogen (secondary N) is 1. The predicted octanol–water partition coefficient (Wildman–Crippen LogP) is 3.68. The van der Waals surface area contributed by atoms with E-state index in [-0.39, 0.29) is 5.75 Å². The molecule has 0 aliphatic heterocycles. The molecular weight excluding hydrogens is 270 g/mol. The largest absolute Gasteiger partial charge is 0.506 e. The first-order chi connectivity index (χ1) is 9.78. The zero-order valence-corrected chi connectivity index (χ0v) is 11.6. The summed E-state index contributed by atoms with van der Waals surface area (Å²) >= 11 is 1.87. The third kappa shape index (κ3) is 2.80. The third-order valence-corrected chi connectivity index (χ3v) is 4.56. The Hall–Kier alpha value is -1.94. The van der Waals surface area contributed by atoms with Crippen molar-refractivity contribution in [1.29, 1.82) is 0 Å². The summed E-state index contributed by atoms with van der Waals surface area (Å²) in [5, 5.41) is 12.9. The minimum absolute atomic E-state index is 0.0692. The molecule has 0 unspecified atom stereocenters. The van der Waals surface area contributed by atoms with Crippen LogP contribution in [0.4, 0.5) is 5.69 Å². The van der Waals surface area contributed by atoms with Crippen LogP contribution in [-0.2, 0) is 4.79 Å². The molecule has 1 saturated carbocycles. The molecule has 1 radical (unpaired) electrons. The highest BCUT2D eigenvalue weighted by atomic mass is 32.2. The average molecular weight is 284 g/mol. The van der Waals surface area contributed by atoms with Crippen LogP contribution in [0.2, 0.25) is 0 Å². The van der Waals surface area contributed by atoms with E-state index in [2.05, 4.69) is 11.4 Å². The zero-order valence-electron chi connectivity index (χ0n) is 10.8. The summed E-state index contributed by atoms with van der Waals surface area (Å²) in [5.74, 6) is 0.0692. The number of carbonyl (C=O) groups excluding carboxylic acids is 1. The molecule has 0 atom stereocenters. The Kier molecular flexibility index (Phi) is 3.65. The van der Waals surface area contributed by atoms with E-state index < -0.39 is 0 Å². The molecule has 101 valence electrons. The summed E-state index contributed by atoms with van der Waals surface area (Å²) in [6.07, 6.45) is 3.11. The molecule has 0 aromatic heterocycles. The van der Waals surface area contributed by atoms with Crippen molar-refractivity contribution in [3.05, 3.63) is 42.5 Å². The van der Waals surface area contributed by atoms with E-state index in [0.29, 0.717) is 17.3 Å². The van der Waals surface area contributed by atoms with E-state index in [9.17, 15) is 9.90 Å². The minimum atomic E-state index is 0.0692. The summed E-state index contributed by atoms with van der Waals surface area (Å²) < 4.78 is 0. The predicted molar refractivity (Wildman–Crippen MR) is 80.9 cm³/mol. The highest BCUT2D eigenvalue weighted by molar-refractivity contribution is 8.00. The van der Waals surface area contributed by atoms with Crippen molar-refractivity contribution in [3.63, 3.8) is 0 Å². The highest BCUT2D eigenvalue weighted by Gasteiger charge is 2.23. The number of hydrogen-bond donors (Lipinski definition) is 2. The first kappa shape index (κ1) is 13.1. The number of rotatable bonds is 5. The molecule has 0 heterocycles. The Balaban J connectivity index is 1.99. The van der Waals surface area contributed by atoms with E-state index in [1.165, 1.54) is 17.7 Å². The van der Waals surface area contributed by atoms with Crippen LogP contribution in [-0.4, -0.2) is 16.8 Å². The van der Waals surface area contributed by atoms with Crippen molar-refractivity contribution in [2.75, 3.05) is 5.32 Å². The SMILES string of the molecule is O=CNc1cc(-c2cc[c]cc2SC2CC2)ccc1O. The second kappa shape index (κ2) is 5.59. The van der Waals surface area contributed by atoms with Gasteiger partial charge in [-0.2, -0.15) is 0 Å². The smallest absolute Gasteiger partial charge is 0.211 e. The van der Waals surface area contributed by atoms with Crippen LogP contribution in [0.25, 0.3) is 11.1 Å². The van der Waals surface area contributed by atoms with Gasteiger partial charge in [0.15, 0.2) is 0 Å². The molecule has 0 bridgehead atoms. The summed E-state index contributed by atoms with van der Waals surface area (Å²) in [4.78, 5) is 11.8. The van der Waals surface area contributed by atoms with Gasteiger partial charge in [-0.15, -0.1) is 11.8 Å². The lowest BCUT2D eigenvalue weighted by atomic mass is 10.0. The van der Waals surface area contributed by atoms with Crippen LogP contribution in [0, 0.1) is 6.07 Å². The van der Waals surface area contributed by atoms with Gasteiger partial charge in [0.1, 0.15) is 5.75 Å². The molecule has 3 nitrogen and oxygen atoms in total. The van der Waals surface area contributed by atoms with Gasteiger partial charge < -0.3 is 10.4 Å². The summed E-state index contributed by atoms with van der Waals surface area (Å²) in [5.41, 5.74) is 2.51. The van der Waals surface area contributed by atoms with E-state index in [0.717, 1.165) is 11.1 Å². The van der Waals surface area contributed by atoms with Gasteiger partial charge in [0.05, 0.1) is 5.69 Å². The Morgan fingerprint density at radius 3 is 2.95 bits per heavy atom. The fourth-order valence-corrected chi connectivity index (χ4v) is 3.18. The van der Waals surface area contributed by atoms with Gasteiger partial charge in [-0.05, 0) is 48.2 Å². The van der Waals surface area contributed by atoms with Crippen LogP contribution in [0.15, 0.2) is 41.3 Å². The molecule has 1 aliphatic rings. The zero-order chi connectivity index (χ0) is 13.9. The van der Waals surface area contributed by atoms with Gasteiger partial charge in [-0.3, -0.25) is 4.79 Å². The van der Waals surface area contributed by atoms with Crippen LogP contribution >= 0.6 is 11.8 Å². The van der Waals surface area contributed by atoms with E-state index in [4.69, 9.17) is 0 Å². The molecular formula is C16H14NO2S. The quantitative estimate of drug-likeness (QED) is 0.650. The van der Waals surface area contributed by atoms with Gasteiger partial charge in [-0.1, -0.05) is 18.2 Å². The monoisotopic (exact) mass is 284 g/mol. The lowest BCUT2D eigenvalue weighted by molar-refractivity contribution is -0.105. The molecule has 2 N–H and O–H groups in total. The lowest BCUT2D eigenvalue weighted by Crippen LogP contribution is -1.94. The Morgan fingerprint density at radius 1 is 1.35 bits per heavy atom. The molecule has 2 aromatic rings. The molecule has 20 heavy (non-hydrogen) atoms. The van der Waals surface area contributed by atoms with Crippen LogP contribution < -0.4 is 5.32 Å². The van der Waals surface area contributed by atoms with Crippen molar-refractivity contribution in [2.24, 2.45) is 0 Å². The molecule has 3 rings (SSSR count). The molecule has 0 spiro atoms. The van der Waals surface area contributed by atoms with Gasteiger partial charge in [-0.25, -0.2) is 0 Å². The highest BCUT2D eigenvalue weighted by Crippen LogP contribution is 2.43. The standard InChI is InChI=1S/C16H14NO2S/c18-10-17-14-9-11(5-8-15(14)19)13-3-1-2-4-16(13)20-12-6-7-12/h1,3-5,8-10,12,19H,6-7H2,(H,17,18). The first-order valence-electron chi connectivity index (χ1n) is 6.48. The topological polar surface area (TPSA) is 49.3 Å². The Labute approximate surface area is 122 Å². The van der Waals surface area contributed by atoms with E-state index >= 15 is 0 Å². The summed E-state index contributed by atoms with van der Waals surface area (Å²) in [7, 11) is 0. The van der Waals surface area contributed by atoms with Crippen molar-refractivity contribution in [2.45, 2.75) is 23.0 Å². The number of benzene rings is 2. The molecule has 1 amide bonds. The third-order valence-electron chi connectivity index (χ3n) is 3.17. The number of phenols is 1. The fourth-order valence-electron chi connectivity index (χ4n) is 2.00. The van der Waals surface area contributed by atoms with Gasteiger partial charge >= 0.3 is 0 Å². The number of phenolic OH excluding ortho intramolecular Hbond substituents is 1. The normalized spacial score (nSPS) is 14.0. The van der Waals surface area contributed by atoms with Gasteiger partial charge in [0.2, 0.25) is 6.41 Å². The maximum atomic E-state index is 10.6. The average Bonchev–Trinajstić information content (AvgIpc) is 3.26. The molecule has 0 saturated heterocycles. The number of hydrogen-bond acceptors (Lipinski definition) is 3. The van der Waals surface area contributed by atoms with Crippen molar-refractivity contribution in [3.8, 4) is 16.9 Å². The van der Waals surface area contributed by atoms with Crippen LogP contribution in [0.3, 0.4) is 0 Å². The maximum Gasteiger partial charge on any atom is 0.211 e. The van der Waals surface area contributed by atoms with E-state index in [1.807, 2.05) is 36.0 Å². The second-order valence-corrected chi connectivity index (χ2v) is 6.08. The lowest BCUT2D eigenvalue weighted by Gasteiger charge is -2.11. The van der Waals surface area contributed by atoms with E-state index in [1.54, 1.807) is 12.1 Å². The molecule has 4 heteroatoms. The molecule has 2 aromatic carbocycles. The number of thioether (sulfide) groups is 1. The summed E-state index contributed by atoms with van der Waals surface area (Å²) in [6, 6.07) is 14.3. The summed E-state index contributed by atoms with van der Waals surface area (Å²) in [6.45, 7) is 0. The first-order valence-corrected chi connectivity index (χ1v) is 7.36. The maximum absolute atomic E-state index is 10.6. The van der Waals surface area contributed by atoms with Crippen LogP contribution in [0.1, 0.15) is 12.8 Å². The number of carbonyl (C=O) groups is 1. The second-order valence-electron chi connectivity index (χ2n) is 4.73. The van der Waals surface area contributed by atoms with Crippen molar-refractivity contribution < 1.29 is 9.90 Å².